The van der Waals surface area contributed by atoms with Crippen LogP contribution in [0.5, 0.6) is 0 Å². The molecular weight excluding hydrogens is 357 g/mol. The van der Waals surface area contributed by atoms with Crippen molar-refractivity contribution in [3.63, 3.8) is 0 Å². The van der Waals surface area contributed by atoms with E-state index in [0.29, 0.717) is 23.7 Å². The number of nitrogens with one attached hydrogen (secondary N) is 1. The Morgan fingerprint density at radius 3 is 2.52 bits per heavy atom. The van der Waals surface area contributed by atoms with Gasteiger partial charge in [0.05, 0.1) is 17.0 Å². The maximum absolute atomic E-state index is 12.9. The van der Waals surface area contributed by atoms with Gasteiger partial charge in [0.2, 0.25) is 0 Å². The Balaban J connectivity index is 1.73. The summed E-state index contributed by atoms with van der Waals surface area (Å²) in [6, 6.07) is 1.45. The number of hydrogen-bond acceptors (Lipinski definition) is 5. The van der Waals surface area contributed by atoms with Crippen molar-refractivity contribution in [3.8, 4) is 0 Å². The van der Waals surface area contributed by atoms with Gasteiger partial charge in [0, 0.05) is 24.5 Å². The third kappa shape index (κ3) is 2.99. The maximum atomic E-state index is 12.9. The summed E-state index contributed by atoms with van der Waals surface area (Å²) in [4.78, 5) is 5.74. The van der Waals surface area contributed by atoms with E-state index in [9.17, 15) is 13.2 Å². The molecule has 0 spiro atoms. The topological polar surface area (TPSA) is 70.6 Å². The molecular formula is C15H16ClF3N6. The van der Waals surface area contributed by atoms with Crippen molar-refractivity contribution in [2.24, 2.45) is 0 Å². The number of rotatable bonds is 3. The van der Waals surface area contributed by atoms with Crippen LogP contribution in [-0.2, 0) is 5.41 Å². The number of halogens is 4. The molecule has 2 aromatic rings. The smallest absolute Gasteiger partial charge is 0.289 e. The average Bonchev–Trinajstić information content (AvgIpc) is 3.14. The minimum Gasteiger partial charge on any atom is -0.289 e. The summed E-state index contributed by atoms with van der Waals surface area (Å²) in [7, 11) is 0. The Morgan fingerprint density at radius 2 is 1.96 bits per heavy atom. The predicted octanol–water partition coefficient (Wildman–Crippen LogP) is 2.72. The minimum absolute atomic E-state index is 0.176. The van der Waals surface area contributed by atoms with Crippen molar-refractivity contribution in [1.29, 1.82) is 0 Å². The SMILES string of the molecule is FC(F)(F)CN1C2CCC1CC(c1cncc(Cl)c1)(c1nnn[nH]1)C2. The number of piperidine rings is 1. The number of fused-ring (bicyclic) bond motifs is 2. The van der Waals surface area contributed by atoms with E-state index in [1.165, 1.54) is 6.20 Å². The molecule has 4 rings (SSSR count). The van der Waals surface area contributed by atoms with E-state index in [1.807, 2.05) is 0 Å². The van der Waals surface area contributed by atoms with Crippen LogP contribution in [0.2, 0.25) is 5.02 Å². The second kappa shape index (κ2) is 5.91. The van der Waals surface area contributed by atoms with Crippen LogP contribution in [0.1, 0.15) is 37.1 Å². The lowest BCUT2D eigenvalue weighted by atomic mass is 9.69. The third-order valence-corrected chi connectivity index (χ3v) is 5.56. The summed E-state index contributed by atoms with van der Waals surface area (Å²) in [6.45, 7) is -0.874. The second-order valence-corrected chi connectivity index (χ2v) is 7.24. The highest BCUT2D eigenvalue weighted by Gasteiger charge is 2.53. The molecule has 0 saturated carbocycles. The first-order chi connectivity index (χ1) is 11.9. The van der Waals surface area contributed by atoms with Crippen LogP contribution in [0.3, 0.4) is 0 Å². The van der Waals surface area contributed by atoms with E-state index in [-0.39, 0.29) is 12.1 Å². The second-order valence-electron chi connectivity index (χ2n) is 6.80. The minimum atomic E-state index is -4.20. The molecule has 4 heterocycles. The molecule has 2 atom stereocenters. The lowest BCUT2D eigenvalue weighted by Gasteiger charge is -2.45. The van der Waals surface area contributed by atoms with Crippen molar-refractivity contribution in [3.05, 3.63) is 34.9 Å². The van der Waals surface area contributed by atoms with Crippen molar-refractivity contribution < 1.29 is 13.2 Å². The Hall–Kier alpha value is -1.74. The predicted molar refractivity (Wildman–Crippen MR) is 83.0 cm³/mol. The third-order valence-electron chi connectivity index (χ3n) is 5.36. The molecule has 0 amide bonds. The summed E-state index contributed by atoms with van der Waals surface area (Å²) in [5.74, 6) is 0.556. The molecule has 2 aromatic heterocycles. The molecule has 0 aliphatic carbocycles. The molecule has 2 bridgehead atoms. The summed E-state index contributed by atoms with van der Waals surface area (Å²) in [5, 5.41) is 14.7. The molecule has 1 N–H and O–H groups in total. The molecule has 0 radical (unpaired) electrons. The molecule has 2 unspecified atom stereocenters. The number of tetrazole rings is 1. The summed E-state index contributed by atoms with van der Waals surface area (Å²) >= 11 is 6.11. The van der Waals surface area contributed by atoms with Crippen molar-refractivity contribution in [1.82, 2.24) is 30.5 Å². The van der Waals surface area contributed by atoms with Crippen molar-refractivity contribution in [2.75, 3.05) is 6.54 Å². The molecule has 6 nitrogen and oxygen atoms in total. The van der Waals surface area contributed by atoms with Crippen LogP contribution in [0.15, 0.2) is 18.5 Å². The number of nitrogens with zero attached hydrogens (tertiary/aromatic N) is 5. The molecule has 134 valence electrons. The van der Waals surface area contributed by atoms with Gasteiger partial charge < -0.3 is 0 Å². The first-order valence-electron chi connectivity index (χ1n) is 8.05. The molecule has 2 fully saturated rings. The first kappa shape index (κ1) is 16.7. The van der Waals surface area contributed by atoms with E-state index in [4.69, 9.17) is 11.6 Å². The fraction of sp³-hybridized carbons (Fsp3) is 0.600. The zero-order chi connectivity index (χ0) is 17.7. The number of aromatic amines is 1. The lowest BCUT2D eigenvalue weighted by molar-refractivity contribution is -0.157. The number of hydrogen-bond donors (Lipinski definition) is 1. The highest BCUT2D eigenvalue weighted by molar-refractivity contribution is 6.30. The van der Waals surface area contributed by atoms with Crippen molar-refractivity contribution in [2.45, 2.75) is 49.4 Å². The zero-order valence-corrected chi connectivity index (χ0v) is 13.9. The highest BCUT2D eigenvalue weighted by Crippen LogP contribution is 2.50. The quantitative estimate of drug-likeness (QED) is 0.897. The summed E-state index contributed by atoms with van der Waals surface area (Å²) in [6.07, 6.45) is 1.50. The largest absolute Gasteiger partial charge is 0.401 e. The van der Waals surface area contributed by atoms with E-state index in [2.05, 4.69) is 25.6 Å². The normalized spacial score (nSPS) is 29.9. The van der Waals surface area contributed by atoms with Gasteiger partial charge in [0.15, 0.2) is 5.82 Å². The summed E-state index contributed by atoms with van der Waals surface area (Å²) < 4.78 is 38.8. The maximum Gasteiger partial charge on any atom is 0.401 e. The highest BCUT2D eigenvalue weighted by atomic mass is 35.5. The molecule has 25 heavy (non-hydrogen) atoms. The Kier molecular flexibility index (Phi) is 3.95. The van der Waals surface area contributed by atoms with Gasteiger partial charge in [-0.15, -0.1) is 5.10 Å². The van der Waals surface area contributed by atoms with Crippen LogP contribution in [0.4, 0.5) is 13.2 Å². The molecule has 2 aliphatic rings. The van der Waals surface area contributed by atoms with Crippen LogP contribution in [-0.4, -0.2) is 55.3 Å². The molecule has 2 saturated heterocycles. The molecule has 2 aliphatic heterocycles. The monoisotopic (exact) mass is 372 g/mol. The first-order valence-corrected chi connectivity index (χ1v) is 8.43. The number of alkyl halides is 3. The molecule has 0 aromatic carbocycles. The van der Waals surface area contributed by atoms with Crippen LogP contribution in [0.25, 0.3) is 0 Å². The van der Waals surface area contributed by atoms with E-state index < -0.39 is 18.1 Å². The fourth-order valence-electron chi connectivity index (χ4n) is 4.41. The van der Waals surface area contributed by atoms with Crippen LogP contribution in [0, 0.1) is 0 Å². The van der Waals surface area contributed by atoms with Gasteiger partial charge in [-0.25, -0.2) is 5.10 Å². The van der Waals surface area contributed by atoms with Crippen LogP contribution >= 0.6 is 11.6 Å². The van der Waals surface area contributed by atoms with Crippen LogP contribution < -0.4 is 0 Å². The van der Waals surface area contributed by atoms with E-state index in [1.54, 1.807) is 17.2 Å². The van der Waals surface area contributed by atoms with Gasteiger partial charge in [-0.2, -0.15) is 13.2 Å². The Bertz CT molecular complexity index is 736. The number of aromatic nitrogens is 5. The van der Waals surface area contributed by atoms with Gasteiger partial charge in [0.25, 0.3) is 0 Å². The van der Waals surface area contributed by atoms with E-state index >= 15 is 0 Å². The number of pyridine rings is 1. The fourth-order valence-corrected chi connectivity index (χ4v) is 4.58. The Labute approximate surface area is 146 Å². The Morgan fingerprint density at radius 1 is 1.24 bits per heavy atom. The standard InChI is InChI=1S/C15H16ClF3N6/c16-10-3-9(6-20-7-10)14(13-21-23-24-22-13)4-11-1-2-12(5-14)25(11)8-15(17,18)19/h3,6-7,11-12H,1-2,4-5,8H2,(H,21,22,23,24). The van der Waals surface area contributed by atoms with Gasteiger partial charge in [0.1, 0.15) is 0 Å². The van der Waals surface area contributed by atoms with Gasteiger partial charge in [-0.05, 0) is 47.7 Å². The van der Waals surface area contributed by atoms with Gasteiger partial charge >= 0.3 is 6.18 Å². The van der Waals surface area contributed by atoms with Gasteiger partial charge in [-0.1, -0.05) is 11.6 Å². The van der Waals surface area contributed by atoms with Gasteiger partial charge in [-0.3, -0.25) is 9.88 Å². The molecule has 10 heteroatoms. The lowest BCUT2D eigenvalue weighted by Crippen LogP contribution is -2.53. The summed E-state index contributed by atoms with van der Waals surface area (Å²) in [5.41, 5.74) is 0.233. The average molecular weight is 373 g/mol. The zero-order valence-electron chi connectivity index (χ0n) is 13.2. The van der Waals surface area contributed by atoms with Crippen molar-refractivity contribution >= 4 is 11.6 Å². The van der Waals surface area contributed by atoms with E-state index in [0.717, 1.165) is 18.4 Å². The number of H-pyrrole nitrogens is 1.